The lowest BCUT2D eigenvalue weighted by Gasteiger charge is -2.30. The lowest BCUT2D eigenvalue weighted by atomic mass is 9.90. The van der Waals surface area contributed by atoms with Crippen molar-refractivity contribution in [3.05, 3.63) is 46.9 Å². The number of carbonyl (C=O) groups is 2. The summed E-state index contributed by atoms with van der Waals surface area (Å²) in [4.78, 5) is 24.8. The van der Waals surface area contributed by atoms with Crippen LogP contribution in [0.2, 0.25) is 0 Å². The molecule has 0 saturated heterocycles. The number of halogens is 1. The number of allylic oxidation sites excluding steroid dienone is 1. The Hall–Kier alpha value is -2.37. The van der Waals surface area contributed by atoms with E-state index in [0.29, 0.717) is 35.8 Å². The molecule has 140 valence electrons. The molecule has 3 rings (SSSR count). The molecule has 0 radical (unpaired) electrons. The average Bonchev–Trinajstić information content (AvgIpc) is 2.66. The van der Waals surface area contributed by atoms with Gasteiger partial charge in [-0.2, -0.15) is 0 Å². The molecule has 1 atom stereocenters. The first-order valence-corrected chi connectivity index (χ1v) is 9.31. The van der Waals surface area contributed by atoms with Crippen LogP contribution in [-0.4, -0.2) is 18.6 Å². The monoisotopic (exact) mass is 360 g/mol. The first kappa shape index (κ1) is 18.4. The summed E-state index contributed by atoms with van der Waals surface area (Å²) in [6.07, 6.45) is 6.23. The van der Waals surface area contributed by atoms with Gasteiger partial charge in [0, 0.05) is 5.70 Å². The van der Waals surface area contributed by atoms with Gasteiger partial charge in [-0.1, -0.05) is 38.3 Å². The molecule has 2 amide bonds. The number of amides is 2. The minimum absolute atomic E-state index is 0.355. The standard InChI is InChI=1S/C20H25FN2O3/c1-2-16-17(19(24)26-12-13-7-4-3-5-8-13)18(23-20(25)22-16)14-9-6-10-15(21)11-14/h6,9-11,13,18H,2-5,7-8,12H2,1H3,(H2,22,23,25). The van der Waals surface area contributed by atoms with Crippen molar-refractivity contribution in [1.82, 2.24) is 10.6 Å². The maximum absolute atomic E-state index is 13.7. The van der Waals surface area contributed by atoms with Gasteiger partial charge >= 0.3 is 12.0 Å². The summed E-state index contributed by atoms with van der Waals surface area (Å²) >= 11 is 0. The normalized spacial score (nSPS) is 21.2. The van der Waals surface area contributed by atoms with Crippen LogP contribution in [0.25, 0.3) is 0 Å². The smallest absolute Gasteiger partial charge is 0.338 e. The molecule has 26 heavy (non-hydrogen) atoms. The maximum atomic E-state index is 13.7. The van der Waals surface area contributed by atoms with Gasteiger partial charge in [0.05, 0.1) is 18.2 Å². The van der Waals surface area contributed by atoms with E-state index in [9.17, 15) is 14.0 Å². The van der Waals surface area contributed by atoms with E-state index in [1.54, 1.807) is 12.1 Å². The highest BCUT2D eigenvalue weighted by Gasteiger charge is 2.33. The van der Waals surface area contributed by atoms with Gasteiger partial charge in [0.15, 0.2) is 0 Å². The molecule has 1 saturated carbocycles. The van der Waals surface area contributed by atoms with E-state index < -0.39 is 23.9 Å². The van der Waals surface area contributed by atoms with E-state index in [-0.39, 0.29) is 0 Å². The Labute approximate surface area is 153 Å². The predicted molar refractivity (Wildman–Crippen MR) is 95.7 cm³/mol. The Kier molecular flexibility index (Phi) is 5.91. The second-order valence-corrected chi connectivity index (χ2v) is 6.93. The highest BCUT2D eigenvalue weighted by molar-refractivity contribution is 5.95. The number of hydrogen-bond acceptors (Lipinski definition) is 3. The Balaban J connectivity index is 1.82. The number of carbonyl (C=O) groups excluding carboxylic acids is 2. The third kappa shape index (κ3) is 4.23. The largest absolute Gasteiger partial charge is 0.462 e. The molecule has 1 aromatic rings. The number of ether oxygens (including phenoxy) is 1. The fourth-order valence-corrected chi connectivity index (χ4v) is 3.70. The third-order valence-corrected chi connectivity index (χ3v) is 5.08. The molecule has 1 aromatic carbocycles. The number of benzene rings is 1. The zero-order valence-corrected chi connectivity index (χ0v) is 15.0. The van der Waals surface area contributed by atoms with E-state index in [2.05, 4.69) is 10.6 Å². The van der Waals surface area contributed by atoms with Gasteiger partial charge < -0.3 is 15.4 Å². The Morgan fingerprint density at radius 2 is 2.04 bits per heavy atom. The summed E-state index contributed by atoms with van der Waals surface area (Å²) in [5, 5.41) is 5.40. The van der Waals surface area contributed by atoms with Gasteiger partial charge in [0.1, 0.15) is 5.82 Å². The fourth-order valence-electron chi connectivity index (χ4n) is 3.70. The number of esters is 1. The molecule has 0 spiro atoms. The molecule has 0 bridgehead atoms. The topological polar surface area (TPSA) is 67.4 Å². The molecule has 1 aliphatic carbocycles. The van der Waals surface area contributed by atoms with Crippen molar-refractivity contribution in [2.45, 2.75) is 51.5 Å². The van der Waals surface area contributed by atoms with E-state index in [0.717, 1.165) is 12.8 Å². The van der Waals surface area contributed by atoms with Crippen molar-refractivity contribution in [2.75, 3.05) is 6.61 Å². The van der Waals surface area contributed by atoms with Gasteiger partial charge in [-0.05, 0) is 42.9 Å². The van der Waals surface area contributed by atoms with Crippen LogP contribution in [0.4, 0.5) is 9.18 Å². The van der Waals surface area contributed by atoms with Crippen LogP contribution >= 0.6 is 0 Å². The minimum atomic E-state index is -0.715. The van der Waals surface area contributed by atoms with Crippen LogP contribution in [-0.2, 0) is 9.53 Å². The lowest BCUT2D eigenvalue weighted by Crippen LogP contribution is -2.46. The summed E-state index contributed by atoms with van der Waals surface area (Å²) < 4.78 is 19.2. The molecule has 5 nitrogen and oxygen atoms in total. The number of urea groups is 1. The number of hydrogen-bond donors (Lipinski definition) is 2. The molecule has 1 fully saturated rings. The Morgan fingerprint density at radius 1 is 1.27 bits per heavy atom. The quantitative estimate of drug-likeness (QED) is 0.781. The number of nitrogens with one attached hydrogen (secondary N) is 2. The van der Waals surface area contributed by atoms with Crippen molar-refractivity contribution in [3.8, 4) is 0 Å². The zero-order valence-electron chi connectivity index (χ0n) is 15.0. The van der Waals surface area contributed by atoms with E-state index in [1.807, 2.05) is 6.92 Å². The predicted octanol–water partition coefficient (Wildman–Crippen LogP) is 3.97. The van der Waals surface area contributed by atoms with Crippen molar-refractivity contribution in [3.63, 3.8) is 0 Å². The van der Waals surface area contributed by atoms with Gasteiger partial charge in [-0.15, -0.1) is 0 Å². The minimum Gasteiger partial charge on any atom is -0.462 e. The van der Waals surface area contributed by atoms with Crippen LogP contribution in [0.1, 0.15) is 57.1 Å². The molecule has 2 aliphatic rings. The van der Waals surface area contributed by atoms with Crippen molar-refractivity contribution in [2.24, 2.45) is 5.92 Å². The lowest BCUT2D eigenvalue weighted by molar-refractivity contribution is -0.141. The SMILES string of the molecule is CCC1=C(C(=O)OCC2CCCCC2)C(c2cccc(F)c2)NC(=O)N1. The Morgan fingerprint density at radius 3 is 2.73 bits per heavy atom. The van der Waals surface area contributed by atoms with Gasteiger partial charge in [0.2, 0.25) is 0 Å². The molecule has 0 aromatic heterocycles. The summed E-state index contributed by atoms with van der Waals surface area (Å²) in [6, 6.07) is 4.81. The van der Waals surface area contributed by atoms with E-state index >= 15 is 0 Å². The van der Waals surface area contributed by atoms with Crippen molar-refractivity contribution >= 4 is 12.0 Å². The highest BCUT2D eigenvalue weighted by Crippen LogP contribution is 2.30. The van der Waals surface area contributed by atoms with Crippen molar-refractivity contribution < 1.29 is 18.7 Å². The van der Waals surface area contributed by atoms with E-state index in [4.69, 9.17) is 4.74 Å². The first-order valence-electron chi connectivity index (χ1n) is 9.31. The van der Waals surface area contributed by atoms with Crippen LogP contribution in [0.5, 0.6) is 0 Å². The van der Waals surface area contributed by atoms with Crippen LogP contribution in [0.15, 0.2) is 35.5 Å². The Bertz CT molecular complexity index is 711. The first-order chi connectivity index (χ1) is 12.6. The van der Waals surface area contributed by atoms with Crippen molar-refractivity contribution in [1.29, 1.82) is 0 Å². The maximum Gasteiger partial charge on any atom is 0.338 e. The van der Waals surface area contributed by atoms with Gasteiger partial charge in [-0.3, -0.25) is 0 Å². The molecule has 2 N–H and O–H groups in total. The van der Waals surface area contributed by atoms with E-state index in [1.165, 1.54) is 31.4 Å². The highest BCUT2D eigenvalue weighted by atomic mass is 19.1. The van der Waals surface area contributed by atoms with Crippen LogP contribution in [0.3, 0.4) is 0 Å². The molecule has 1 unspecified atom stereocenters. The summed E-state index contributed by atoms with van der Waals surface area (Å²) in [6.45, 7) is 2.25. The third-order valence-electron chi connectivity index (χ3n) is 5.08. The molecular weight excluding hydrogens is 335 g/mol. The van der Waals surface area contributed by atoms with Gasteiger partial charge in [-0.25, -0.2) is 14.0 Å². The summed E-state index contributed by atoms with van der Waals surface area (Å²) in [5.41, 5.74) is 1.40. The summed E-state index contributed by atoms with van der Waals surface area (Å²) in [5.74, 6) is -0.463. The van der Waals surface area contributed by atoms with Crippen LogP contribution in [0, 0.1) is 11.7 Å². The zero-order chi connectivity index (χ0) is 18.5. The molecule has 6 heteroatoms. The fraction of sp³-hybridized carbons (Fsp3) is 0.500. The molecular formula is C20H25FN2O3. The van der Waals surface area contributed by atoms with Crippen LogP contribution < -0.4 is 10.6 Å². The van der Waals surface area contributed by atoms with Gasteiger partial charge in [0.25, 0.3) is 0 Å². The number of rotatable bonds is 5. The second-order valence-electron chi connectivity index (χ2n) is 6.93. The summed E-state index contributed by atoms with van der Waals surface area (Å²) in [7, 11) is 0. The second kappa shape index (κ2) is 8.34. The molecule has 1 aliphatic heterocycles. The molecule has 1 heterocycles. The average molecular weight is 360 g/mol.